The van der Waals surface area contributed by atoms with Crippen molar-refractivity contribution in [2.24, 2.45) is 0 Å². The van der Waals surface area contributed by atoms with Gasteiger partial charge in [-0.05, 0) is 55.6 Å². The highest BCUT2D eigenvalue weighted by Gasteiger charge is 2.19. The molecule has 2 aliphatic heterocycles. The number of nitrogens with one attached hydrogen (secondary N) is 2. The SMILES string of the molecule is O=C(C#Cc1cccc(OC2CCNC2)c1)c1csc2c1CCNC2. The van der Waals surface area contributed by atoms with E-state index in [4.69, 9.17) is 4.74 Å². The van der Waals surface area contributed by atoms with Gasteiger partial charge >= 0.3 is 0 Å². The lowest BCUT2D eigenvalue weighted by Crippen LogP contribution is -2.23. The van der Waals surface area contributed by atoms with Crippen molar-refractivity contribution < 1.29 is 9.53 Å². The molecule has 4 rings (SSSR count). The highest BCUT2D eigenvalue weighted by Crippen LogP contribution is 2.25. The van der Waals surface area contributed by atoms with Gasteiger partial charge in [0.2, 0.25) is 5.78 Å². The summed E-state index contributed by atoms with van der Waals surface area (Å²) < 4.78 is 5.95. The van der Waals surface area contributed by atoms with E-state index < -0.39 is 0 Å². The summed E-state index contributed by atoms with van der Waals surface area (Å²) in [6.45, 7) is 3.66. The first-order chi connectivity index (χ1) is 12.3. The number of Topliss-reactive ketones (excluding diaryl/α,β-unsaturated/α-hetero) is 1. The molecule has 2 aromatic rings. The molecule has 2 N–H and O–H groups in total. The molecule has 5 heteroatoms. The number of thiophene rings is 1. The number of ketones is 1. The summed E-state index contributed by atoms with van der Waals surface area (Å²) in [7, 11) is 0. The lowest BCUT2D eigenvalue weighted by Gasteiger charge is -2.13. The predicted molar refractivity (Wildman–Crippen MR) is 99.3 cm³/mol. The zero-order chi connectivity index (χ0) is 17.1. The number of ether oxygens (including phenoxy) is 1. The highest BCUT2D eigenvalue weighted by molar-refractivity contribution is 7.10. The van der Waals surface area contributed by atoms with Crippen LogP contribution in [0.1, 0.15) is 32.8 Å². The van der Waals surface area contributed by atoms with Crippen LogP contribution in [0.3, 0.4) is 0 Å². The second-order valence-electron chi connectivity index (χ2n) is 6.32. The van der Waals surface area contributed by atoms with E-state index in [2.05, 4.69) is 22.5 Å². The van der Waals surface area contributed by atoms with E-state index >= 15 is 0 Å². The zero-order valence-electron chi connectivity index (χ0n) is 13.9. The Balaban J connectivity index is 1.49. The second-order valence-corrected chi connectivity index (χ2v) is 7.28. The second kappa shape index (κ2) is 7.40. The third-order valence-corrected chi connectivity index (χ3v) is 5.56. The van der Waals surface area contributed by atoms with Gasteiger partial charge in [0.05, 0.1) is 0 Å². The molecule has 0 radical (unpaired) electrons. The minimum Gasteiger partial charge on any atom is -0.489 e. The molecule has 128 valence electrons. The van der Waals surface area contributed by atoms with E-state index in [-0.39, 0.29) is 11.9 Å². The Hall–Kier alpha value is -2.13. The van der Waals surface area contributed by atoms with Crippen molar-refractivity contribution in [3.8, 4) is 17.6 Å². The third-order valence-electron chi connectivity index (χ3n) is 4.53. The van der Waals surface area contributed by atoms with Gasteiger partial charge in [0.1, 0.15) is 11.9 Å². The van der Waals surface area contributed by atoms with Crippen LogP contribution in [0, 0.1) is 11.8 Å². The molecule has 1 saturated heterocycles. The number of hydrogen-bond acceptors (Lipinski definition) is 5. The van der Waals surface area contributed by atoms with Crippen LogP contribution >= 0.6 is 11.3 Å². The van der Waals surface area contributed by atoms with Crippen LogP contribution in [0.25, 0.3) is 0 Å². The average Bonchev–Trinajstić information content (AvgIpc) is 3.29. The maximum atomic E-state index is 12.5. The lowest BCUT2D eigenvalue weighted by molar-refractivity contribution is 0.105. The summed E-state index contributed by atoms with van der Waals surface area (Å²) in [6, 6.07) is 7.68. The number of benzene rings is 1. The number of fused-ring (bicyclic) bond motifs is 1. The molecule has 0 spiro atoms. The minimum absolute atomic E-state index is 0.0919. The maximum Gasteiger partial charge on any atom is 0.237 e. The Labute approximate surface area is 151 Å². The minimum atomic E-state index is -0.0919. The monoisotopic (exact) mass is 352 g/mol. The van der Waals surface area contributed by atoms with Gasteiger partial charge < -0.3 is 15.4 Å². The molecular weight excluding hydrogens is 332 g/mol. The smallest absolute Gasteiger partial charge is 0.237 e. The number of hydrogen-bond donors (Lipinski definition) is 2. The van der Waals surface area contributed by atoms with Crippen LogP contribution in [0.4, 0.5) is 0 Å². The molecule has 0 amide bonds. The van der Waals surface area contributed by atoms with Crippen molar-refractivity contribution in [3.63, 3.8) is 0 Å². The van der Waals surface area contributed by atoms with E-state index in [0.717, 1.165) is 55.9 Å². The first-order valence-electron chi connectivity index (χ1n) is 8.63. The van der Waals surface area contributed by atoms with Gasteiger partial charge in [-0.15, -0.1) is 11.3 Å². The van der Waals surface area contributed by atoms with Crippen molar-refractivity contribution >= 4 is 17.1 Å². The standard InChI is InChI=1S/C20H20N2O2S/c23-19(18-13-25-20-12-22-9-7-17(18)20)5-4-14-2-1-3-15(10-14)24-16-6-8-21-11-16/h1-3,10,13,16,21-22H,6-9,11-12H2. The van der Waals surface area contributed by atoms with Gasteiger partial charge in [-0.25, -0.2) is 0 Å². The zero-order valence-corrected chi connectivity index (χ0v) is 14.7. The van der Waals surface area contributed by atoms with Gasteiger partial charge in [0, 0.05) is 34.5 Å². The Morgan fingerprint density at radius 3 is 3.12 bits per heavy atom. The van der Waals surface area contributed by atoms with Crippen LogP contribution in [-0.2, 0) is 13.0 Å². The number of rotatable bonds is 3. The molecule has 0 saturated carbocycles. The van der Waals surface area contributed by atoms with E-state index in [9.17, 15) is 4.79 Å². The summed E-state index contributed by atoms with van der Waals surface area (Å²) >= 11 is 1.65. The third kappa shape index (κ3) is 3.77. The fourth-order valence-electron chi connectivity index (χ4n) is 3.22. The quantitative estimate of drug-likeness (QED) is 0.658. The molecule has 3 heterocycles. The van der Waals surface area contributed by atoms with Gasteiger partial charge in [0.25, 0.3) is 0 Å². The molecule has 1 atom stereocenters. The lowest BCUT2D eigenvalue weighted by atomic mass is 10.0. The van der Waals surface area contributed by atoms with Crippen molar-refractivity contribution in [1.29, 1.82) is 0 Å². The van der Waals surface area contributed by atoms with Gasteiger partial charge in [-0.3, -0.25) is 4.79 Å². The first kappa shape index (κ1) is 16.3. The molecule has 0 aliphatic carbocycles. The van der Waals surface area contributed by atoms with E-state index in [1.807, 2.05) is 29.6 Å². The Morgan fingerprint density at radius 1 is 1.28 bits per heavy atom. The summed E-state index contributed by atoms with van der Waals surface area (Å²) in [5, 5.41) is 8.56. The largest absolute Gasteiger partial charge is 0.489 e. The van der Waals surface area contributed by atoms with E-state index in [1.165, 1.54) is 10.4 Å². The Morgan fingerprint density at radius 2 is 2.24 bits per heavy atom. The van der Waals surface area contributed by atoms with Gasteiger partial charge in [0.15, 0.2) is 0 Å². The van der Waals surface area contributed by atoms with Crippen LogP contribution in [0.2, 0.25) is 0 Å². The number of carbonyl (C=O) groups excluding carboxylic acids is 1. The van der Waals surface area contributed by atoms with Gasteiger partial charge in [-0.1, -0.05) is 12.0 Å². The van der Waals surface area contributed by atoms with Crippen molar-refractivity contribution in [1.82, 2.24) is 10.6 Å². The Kier molecular flexibility index (Phi) is 4.84. The molecule has 4 nitrogen and oxygen atoms in total. The molecule has 1 aromatic heterocycles. The molecular formula is C20H20N2O2S. The molecule has 1 aromatic carbocycles. The van der Waals surface area contributed by atoms with Crippen LogP contribution < -0.4 is 15.4 Å². The van der Waals surface area contributed by atoms with Gasteiger partial charge in [-0.2, -0.15) is 0 Å². The van der Waals surface area contributed by atoms with Crippen LogP contribution in [-0.4, -0.2) is 31.5 Å². The highest BCUT2D eigenvalue weighted by atomic mass is 32.1. The topological polar surface area (TPSA) is 50.4 Å². The molecule has 25 heavy (non-hydrogen) atoms. The summed E-state index contributed by atoms with van der Waals surface area (Å²) in [5.74, 6) is 6.52. The van der Waals surface area contributed by atoms with Crippen molar-refractivity contribution in [2.45, 2.75) is 25.5 Å². The van der Waals surface area contributed by atoms with Crippen molar-refractivity contribution in [3.05, 3.63) is 51.2 Å². The van der Waals surface area contributed by atoms with E-state index in [1.54, 1.807) is 11.3 Å². The summed E-state index contributed by atoms with van der Waals surface area (Å²) in [5.41, 5.74) is 2.76. The fourth-order valence-corrected chi connectivity index (χ4v) is 4.26. The maximum absolute atomic E-state index is 12.5. The first-order valence-corrected chi connectivity index (χ1v) is 9.51. The molecule has 0 bridgehead atoms. The fraction of sp³-hybridized carbons (Fsp3) is 0.350. The summed E-state index contributed by atoms with van der Waals surface area (Å²) in [6.07, 6.45) is 2.14. The van der Waals surface area contributed by atoms with E-state index in [0.29, 0.717) is 0 Å². The molecule has 2 aliphatic rings. The average molecular weight is 352 g/mol. The normalized spacial score (nSPS) is 19.0. The van der Waals surface area contributed by atoms with Crippen LogP contribution in [0.15, 0.2) is 29.6 Å². The predicted octanol–water partition coefficient (Wildman–Crippen LogP) is 2.37. The summed E-state index contributed by atoms with van der Waals surface area (Å²) in [4.78, 5) is 13.7. The molecule has 1 unspecified atom stereocenters. The Bertz CT molecular complexity index is 841. The van der Waals surface area contributed by atoms with Crippen LogP contribution in [0.5, 0.6) is 5.75 Å². The number of carbonyl (C=O) groups is 1. The molecule has 1 fully saturated rings. The van der Waals surface area contributed by atoms with Crippen molar-refractivity contribution in [2.75, 3.05) is 19.6 Å².